The van der Waals surface area contributed by atoms with Crippen molar-refractivity contribution in [2.24, 2.45) is 0 Å². The SMILES string of the molecule is Cc1ccc(NC(=O)C2CC(O)CN2)c2cccnc12. The molecule has 0 spiro atoms. The molecule has 2 heterocycles. The van der Waals surface area contributed by atoms with Gasteiger partial charge in [0.2, 0.25) is 5.91 Å². The number of hydrogen-bond donors (Lipinski definition) is 3. The third-order valence-corrected chi connectivity index (χ3v) is 3.65. The molecule has 3 N–H and O–H groups in total. The van der Waals surface area contributed by atoms with Crippen molar-refractivity contribution in [3.8, 4) is 0 Å². The van der Waals surface area contributed by atoms with Crippen molar-refractivity contribution in [3.63, 3.8) is 0 Å². The van der Waals surface area contributed by atoms with Crippen LogP contribution in [0.3, 0.4) is 0 Å². The smallest absolute Gasteiger partial charge is 0.241 e. The molecule has 1 aliphatic heterocycles. The van der Waals surface area contributed by atoms with E-state index in [9.17, 15) is 9.90 Å². The van der Waals surface area contributed by atoms with Gasteiger partial charge in [-0.25, -0.2) is 0 Å². The molecule has 0 bridgehead atoms. The van der Waals surface area contributed by atoms with Crippen LogP contribution in [0, 0.1) is 6.92 Å². The van der Waals surface area contributed by atoms with E-state index in [2.05, 4.69) is 15.6 Å². The number of aryl methyl sites for hydroxylation is 1. The summed E-state index contributed by atoms with van der Waals surface area (Å²) in [5.74, 6) is -0.115. The maximum atomic E-state index is 12.2. The number of β-amino-alcohol motifs (C(OH)–C–C–N with tert-alkyl or cyclic N) is 1. The third-order valence-electron chi connectivity index (χ3n) is 3.65. The van der Waals surface area contributed by atoms with Crippen LogP contribution in [0.5, 0.6) is 0 Å². The second-order valence-electron chi connectivity index (χ2n) is 5.17. The van der Waals surface area contributed by atoms with E-state index in [1.54, 1.807) is 6.20 Å². The van der Waals surface area contributed by atoms with Gasteiger partial charge in [0.05, 0.1) is 23.3 Å². The predicted molar refractivity (Wildman–Crippen MR) is 77.5 cm³/mol. The number of rotatable bonds is 2. The fraction of sp³-hybridized carbons (Fsp3) is 0.333. The Morgan fingerprint density at radius 1 is 1.45 bits per heavy atom. The van der Waals surface area contributed by atoms with Crippen molar-refractivity contribution in [1.82, 2.24) is 10.3 Å². The number of carbonyl (C=O) groups excluding carboxylic acids is 1. The van der Waals surface area contributed by atoms with Crippen molar-refractivity contribution in [2.75, 3.05) is 11.9 Å². The monoisotopic (exact) mass is 271 g/mol. The number of aliphatic hydroxyl groups excluding tert-OH is 1. The molecule has 5 heteroatoms. The normalized spacial score (nSPS) is 22.1. The molecule has 1 aromatic heterocycles. The van der Waals surface area contributed by atoms with Crippen LogP contribution >= 0.6 is 0 Å². The molecule has 1 aliphatic rings. The van der Waals surface area contributed by atoms with E-state index < -0.39 is 6.10 Å². The number of fused-ring (bicyclic) bond motifs is 1. The fourth-order valence-electron chi connectivity index (χ4n) is 2.56. The van der Waals surface area contributed by atoms with Crippen LogP contribution < -0.4 is 10.6 Å². The first-order valence-corrected chi connectivity index (χ1v) is 6.72. The first-order valence-electron chi connectivity index (χ1n) is 6.72. The van der Waals surface area contributed by atoms with Crippen molar-refractivity contribution >= 4 is 22.5 Å². The number of nitrogens with zero attached hydrogens (tertiary/aromatic N) is 1. The van der Waals surface area contributed by atoms with Gasteiger partial charge >= 0.3 is 0 Å². The molecular weight excluding hydrogens is 254 g/mol. The lowest BCUT2D eigenvalue weighted by atomic mass is 10.1. The molecule has 0 aliphatic carbocycles. The fourth-order valence-corrected chi connectivity index (χ4v) is 2.56. The van der Waals surface area contributed by atoms with Gasteiger partial charge in [-0.3, -0.25) is 9.78 Å². The van der Waals surface area contributed by atoms with E-state index in [0.717, 1.165) is 22.2 Å². The number of aromatic nitrogens is 1. The third kappa shape index (κ3) is 2.37. The van der Waals surface area contributed by atoms with Gasteiger partial charge in [0, 0.05) is 18.1 Å². The van der Waals surface area contributed by atoms with Crippen LogP contribution in [0.25, 0.3) is 10.9 Å². The van der Waals surface area contributed by atoms with Crippen molar-refractivity contribution in [3.05, 3.63) is 36.0 Å². The van der Waals surface area contributed by atoms with E-state index in [1.807, 2.05) is 31.2 Å². The van der Waals surface area contributed by atoms with E-state index in [0.29, 0.717) is 13.0 Å². The highest BCUT2D eigenvalue weighted by atomic mass is 16.3. The summed E-state index contributed by atoms with van der Waals surface area (Å²) in [6.45, 7) is 2.46. The molecule has 2 unspecified atom stereocenters. The summed E-state index contributed by atoms with van der Waals surface area (Å²) in [6.07, 6.45) is 1.76. The molecule has 0 saturated carbocycles. The van der Waals surface area contributed by atoms with Crippen molar-refractivity contribution in [1.29, 1.82) is 0 Å². The summed E-state index contributed by atoms with van der Waals surface area (Å²) < 4.78 is 0. The summed E-state index contributed by atoms with van der Waals surface area (Å²) in [5.41, 5.74) is 2.73. The lowest BCUT2D eigenvalue weighted by molar-refractivity contribution is -0.117. The van der Waals surface area contributed by atoms with Crippen LogP contribution in [0.15, 0.2) is 30.5 Å². The topological polar surface area (TPSA) is 74.2 Å². The van der Waals surface area contributed by atoms with E-state index in [1.165, 1.54) is 0 Å². The first kappa shape index (κ1) is 13.0. The summed E-state index contributed by atoms with van der Waals surface area (Å²) >= 11 is 0. The number of carbonyl (C=O) groups is 1. The first-order chi connectivity index (χ1) is 9.65. The van der Waals surface area contributed by atoms with Gasteiger partial charge in [-0.15, -0.1) is 0 Å². The van der Waals surface area contributed by atoms with E-state index in [-0.39, 0.29) is 11.9 Å². The molecule has 3 rings (SSSR count). The van der Waals surface area contributed by atoms with Gasteiger partial charge in [0.1, 0.15) is 0 Å². The molecule has 1 fully saturated rings. The molecule has 5 nitrogen and oxygen atoms in total. The van der Waals surface area contributed by atoms with Gasteiger partial charge in [-0.05, 0) is 37.1 Å². The zero-order valence-corrected chi connectivity index (χ0v) is 11.3. The van der Waals surface area contributed by atoms with Crippen LogP contribution in [-0.4, -0.2) is 34.7 Å². The minimum absolute atomic E-state index is 0.115. The molecule has 104 valence electrons. The quantitative estimate of drug-likeness (QED) is 0.767. The zero-order chi connectivity index (χ0) is 14.1. The maximum Gasteiger partial charge on any atom is 0.241 e. The van der Waals surface area contributed by atoms with Crippen molar-refractivity contribution < 1.29 is 9.90 Å². The molecule has 1 saturated heterocycles. The van der Waals surface area contributed by atoms with Crippen LogP contribution in [0.1, 0.15) is 12.0 Å². The van der Waals surface area contributed by atoms with Gasteiger partial charge in [-0.1, -0.05) is 6.07 Å². The van der Waals surface area contributed by atoms with Crippen LogP contribution in [-0.2, 0) is 4.79 Å². The van der Waals surface area contributed by atoms with Crippen LogP contribution in [0.4, 0.5) is 5.69 Å². The number of hydrogen-bond acceptors (Lipinski definition) is 4. The second kappa shape index (κ2) is 5.19. The highest BCUT2D eigenvalue weighted by Gasteiger charge is 2.28. The zero-order valence-electron chi connectivity index (χ0n) is 11.3. The molecule has 2 aromatic rings. The molecule has 1 aromatic carbocycles. The number of pyridine rings is 1. The number of amides is 1. The average molecular weight is 271 g/mol. The molecule has 20 heavy (non-hydrogen) atoms. The maximum absolute atomic E-state index is 12.2. The Morgan fingerprint density at radius 3 is 3.05 bits per heavy atom. The highest BCUT2D eigenvalue weighted by molar-refractivity contribution is 6.03. The Labute approximate surface area is 117 Å². The second-order valence-corrected chi connectivity index (χ2v) is 5.17. The Kier molecular flexibility index (Phi) is 3.38. The van der Waals surface area contributed by atoms with Gasteiger partial charge < -0.3 is 15.7 Å². The summed E-state index contributed by atoms with van der Waals surface area (Å²) in [7, 11) is 0. The van der Waals surface area contributed by atoms with E-state index in [4.69, 9.17) is 0 Å². The van der Waals surface area contributed by atoms with Gasteiger partial charge in [0.25, 0.3) is 0 Å². The van der Waals surface area contributed by atoms with Crippen LogP contribution in [0.2, 0.25) is 0 Å². The lowest BCUT2D eigenvalue weighted by Gasteiger charge is -2.13. The molecule has 0 radical (unpaired) electrons. The average Bonchev–Trinajstić information content (AvgIpc) is 2.89. The number of benzene rings is 1. The number of aliphatic hydroxyl groups is 1. The number of anilines is 1. The Morgan fingerprint density at radius 2 is 2.30 bits per heavy atom. The Bertz CT molecular complexity index is 657. The minimum atomic E-state index is -0.442. The van der Waals surface area contributed by atoms with Gasteiger partial charge in [-0.2, -0.15) is 0 Å². The lowest BCUT2D eigenvalue weighted by Crippen LogP contribution is -2.35. The largest absolute Gasteiger partial charge is 0.392 e. The Hall–Kier alpha value is -1.98. The molecule has 2 atom stereocenters. The number of nitrogens with one attached hydrogen (secondary N) is 2. The minimum Gasteiger partial charge on any atom is -0.392 e. The Balaban J connectivity index is 1.88. The predicted octanol–water partition coefficient (Wildman–Crippen LogP) is 1.20. The van der Waals surface area contributed by atoms with Crippen molar-refractivity contribution in [2.45, 2.75) is 25.5 Å². The summed E-state index contributed by atoms with van der Waals surface area (Å²) in [6, 6.07) is 7.31. The van der Waals surface area contributed by atoms with E-state index >= 15 is 0 Å². The highest BCUT2D eigenvalue weighted by Crippen LogP contribution is 2.25. The summed E-state index contributed by atoms with van der Waals surface area (Å²) in [5, 5.41) is 16.3. The summed E-state index contributed by atoms with van der Waals surface area (Å²) in [4.78, 5) is 16.5. The molecular formula is C15H17N3O2. The standard InChI is InChI=1S/C15H17N3O2/c1-9-4-5-12(11-3-2-6-16-14(9)11)18-15(20)13-7-10(19)8-17-13/h2-6,10,13,17,19H,7-8H2,1H3,(H,18,20). The molecule has 1 amide bonds. The van der Waals surface area contributed by atoms with Gasteiger partial charge in [0.15, 0.2) is 0 Å².